The summed E-state index contributed by atoms with van der Waals surface area (Å²) in [7, 11) is 0. The van der Waals surface area contributed by atoms with Crippen molar-refractivity contribution < 1.29 is 9.59 Å². The molecular weight excluding hydrogens is 362 g/mol. The molecule has 0 aliphatic rings. The van der Waals surface area contributed by atoms with Crippen molar-refractivity contribution in [2.75, 3.05) is 22.5 Å². The van der Waals surface area contributed by atoms with Gasteiger partial charge in [0.2, 0.25) is 5.91 Å². The van der Waals surface area contributed by atoms with Crippen LogP contribution in [0.5, 0.6) is 0 Å². The molecule has 0 bridgehead atoms. The van der Waals surface area contributed by atoms with Crippen LogP contribution in [0.4, 0.5) is 17.1 Å². The molecule has 0 unspecified atom stereocenters. The summed E-state index contributed by atoms with van der Waals surface area (Å²) >= 11 is 0. The third-order valence-electron chi connectivity index (χ3n) is 4.54. The van der Waals surface area contributed by atoms with Crippen LogP contribution < -0.4 is 16.0 Å². The lowest BCUT2D eigenvalue weighted by molar-refractivity contribution is -0.114. The first-order valence-electron chi connectivity index (χ1n) is 9.50. The van der Waals surface area contributed by atoms with E-state index in [1.54, 1.807) is 30.3 Å². The van der Waals surface area contributed by atoms with E-state index < -0.39 is 0 Å². The van der Waals surface area contributed by atoms with E-state index in [0.29, 0.717) is 16.9 Å². The fourth-order valence-electron chi connectivity index (χ4n) is 2.93. The van der Waals surface area contributed by atoms with E-state index in [1.807, 2.05) is 57.2 Å². The van der Waals surface area contributed by atoms with Gasteiger partial charge in [0.05, 0.1) is 6.54 Å². The monoisotopic (exact) mass is 387 g/mol. The average Bonchev–Trinajstić information content (AvgIpc) is 2.70. The lowest BCUT2D eigenvalue weighted by atomic mass is 10.1. The Kier molecular flexibility index (Phi) is 6.29. The number of hydrogen-bond donors (Lipinski definition) is 3. The van der Waals surface area contributed by atoms with Crippen LogP contribution in [0.3, 0.4) is 0 Å². The molecule has 0 aliphatic carbocycles. The standard InChI is InChI=1S/C24H25N3O2/c1-16-5-4-6-19(13-16)24(29)27-21-11-9-20(10-12-21)26-23(28)15-25-22-14-17(2)7-8-18(22)3/h4-14,25H,15H2,1-3H3,(H,26,28)(H,27,29). The van der Waals surface area contributed by atoms with Gasteiger partial charge in [0.15, 0.2) is 0 Å². The van der Waals surface area contributed by atoms with Gasteiger partial charge >= 0.3 is 0 Å². The molecule has 0 spiro atoms. The molecular formula is C24H25N3O2. The maximum absolute atomic E-state index is 12.3. The van der Waals surface area contributed by atoms with Crippen LogP contribution in [0.15, 0.2) is 66.7 Å². The zero-order chi connectivity index (χ0) is 20.8. The highest BCUT2D eigenvalue weighted by Gasteiger charge is 2.07. The lowest BCUT2D eigenvalue weighted by Gasteiger charge is -2.11. The third kappa shape index (κ3) is 5.69. The number of hydrogen-bond acceptors (Lipinski definition) is 3. The van der Waals surface area contributed by atoms with E-state index in [2.05, 4.69) is 16.0 Å². The highest BCUT2D eigenvalue weighted by molar-refractivity contribution is 6.04. The van der Waals surface area contributed by atoms with Crippen molar-refractivity contribution >= 4 is 28.9 Å². The molecule has 2 amide bonds. The Morgan fingerprint density at radius 2 is 1.41 bits per heavy atom. The van der Waals surface area contributed by atoms with Gasteiger partial charge in [0.25, 0.3) is 5.91 Å². The molecule has 0 radical (unpaired) electrons. The number of nitrogens with one attached hydrogen (secondary N) is 3. The number of carbonyl (C=O) groups is 2. The second-order valence-corrected chi connectivity index (χ2v) is 7.12. The molecule has 0 saturated carbocycles. The van der Waals surface area contributed by atoms with Gasteiger partial charge in [0, 0.05) is 22.6 Å². The zero-order valence-corrected chi connectivity index (χ0v) is 16.9. The Morgan fingerprint density at radius 1 is 0.759 bits per heavy atom. The van der Waals surface area contributed by atoms with Crippen LogP contribution >= 0.6 is 0 Å². The fraction of sp³-hybridized carbons (Fsp3) is 0.167. The second-order valence-electron chi connectivity index (χ2n) is 7.12. The van der Waals surface area contributed by atoms with E-state index in [4.69, 9.17) is 0 Å². The minimum absolute atomic E-state index is 0.137. The molecule has 0 atom stereocenters. The van der Waals surface area contributed by atoms with Crippen molar-refractivity contribution in [1.29, 1.82) is 0 Å². The quantitative estimate of drug-likeness (QED) is 0.562. The third-order valence-corrected chi connectivity index (χ3v) is 4.54. The minimum Gasteiger partial charge on any atom is -0.376 e. The number of benzene rings is 3. The van der Waals surface area contributed by atoms with Crippen LogP contribution in [-0.4, -0.2) is 18.4 Å². The SMILES string of the molecule is Cc1cccc(C(=O)Nc2ccc(NC(=O)CNc3cc(C)ccc3C)cc2)c1. The molecule has 148 valence electrons. The van der Waals surface area contributed by atoms with Crippen molar-refractivity contribution in [3.63, 3.8) is 0 Å². The van der Waals surface area contributed by atoms with E-state index in [-0.39, 0.29) is 18.4 Å². The smallest absolute Gasteiger partial charge is 0.255 e. The van der Waals surface area contributed by atoms with Crippen molar-refractivity contribution in [3.8, 4) is 0 Å². The van der Waals surface area contributed by atoms with Crippen molar-refractivity contribution in [2.24, 2.45) is 0 Å². The predicted octanol–water partition coefficient (Wildman–Crippen LogP) is 4.91. The lowest BCUT2D eigenvalue weighted by Crippen LogP contribution is -2.22. The predicted molar refractivity (Wildman–Crippen MR) is 119 cm³/mol. The zero-order valence-electron chi connectivity index (χ0n) is 16.9. The number of rotatable bonds is 6. The van der Waals surface area contributed by atoms with Crippen LogP contribution in [-0.2, 0) is 4.79 Å². The molecule has 5 nitrogen and oxygen atoms in total. The van der Waals surface area contributed by atoms with Crippen LogP contribution in [0, 0.1) is 20.8 Å². The number of amides is 2. The summed E-state index contributed by atoms with van der Waals surface area (Å²) in [4.78, 5) is 24.5. The molecule has 0 fully saturated rings. The first-order chi connectivity index (χ1) is 13.9. The molecule has 0 heterocycles. The van der Waals surface area contributed by atoms with E-state index >= 15 is 0 Å². The fourth-order valence-corrected chi connectivity index (χ4v) is 2.93. The van der Waals surface area contributed by atoms with Crippen molar-refractivity contribution in [3.05, 3.63) is 89.0 Å². The second kappa shape index (κ2) is 9.06. The largest absolute Gasteiger partial charge is 0.376 e. The summed E-state index contributed by atoms with van der Waals surface area (Å²) < 4.78 is 0. The van der Waals surface area contributed by atoms with Gasteiger partial charge in [0.1, 0.15) is 0 Å². The number of aryl methyl sites for hydroxylation is 3. The Labute approximate surface area is 171 Å². The normalized spacial score (nSPS) is 10.3. The summed E-state index contributed by atoms with van der Waals surface area (Å²) in [6.07, 6.45) is 0. The highest BCUT2D eigenvalue weighted by atomic mass is 16.2. The molecule has 3 N–H and O–H groups in total. The van der Waals surface area contributed by atoms with Crippen molar-refractivity contribution in [2.45, 2.75) is 20.8 Å². The maximum Gasteiger partial charge on any atom is 0.255 e. The molecule has 3 aromatic carbocycles. The molecule has 3 rings (SSSR count). The van der Waals surface area contributed by atoms with E-state index in [1.165, 1.54) is 0 Å². The molecule has 0 aromatic heterocycles. The van der Waals surface area contributed by atoms with Gasteiger partial charge in [-0.2, -0.15) is 0 Å². The minimum atomic E-state index is -0.164. The van der Waals surface area contributed by atoms with E-state index in [0.717, 1.165) is 22.4 Å². The Hall–Kier alpha value is -3.60. The first kappa shape index (κ1) is 20.1. The van der Waals surface area contributed by atoms with Gasteiger partial charge in [-0.1, -0.05) is 29.8 Å². The van der Waals surface area contributed by atoms with Gasteiger partial charge < -0.3 is 16.0 Å². The Morgan fingerprint density at radius 3 is 2.10 bits per heavy atom. The maximum atomic E-state index is 12.3. The highest BCUT2D eigenvalue weighted by Crippen LogP contribution is 2.17. The molecule has 29 heavy (non-hydrogen) atoms. The van der Waals surface area contributed by atoms with Gasteiger partial charge in [-0.05, 0) is 74.4 Å². The van der Waals surface area contributed by atoms with Crippen LogP contribution in [0.1, 0.15) is 27.0 Å². The average molecular weight is 387 g/mol. The first-order valence-corrected chi connectivity index (χ1v) is 9.50. The van der Waals surface area contributed by atoms with Crippen LogP contribution in [0.25, 0.3) is 0 Å². The number of anilines is 3. The Bertz CT molecular complexity index is 1030. The molecule has 0 saturated heterocycles. The molecule has 0 aliphatic heterocycles. The molecule has 5 heteroatoms. The summed E-state index contributed by atoms with van der Waals surface area (Å²) in [5, 5.41) is 8.88. The number of carbonyl (C=O) groups excluding carboxylic acids is 2. The summed E-state index contributed by atoms with van der Waals surface area (Å²) in [6, 6.07) is 20.6. The van der Waals surface area contributed by atoms with E-state index in [9.17, 15) is 9.59 Å². The van der Waals surface area contributed by atoms with Gasteiger partial charge in [-0.15, -0.1) is 0 Å². The topological polar surface area (TPSA) is 70.2 Å². The summed E-state index contributed by atoms with van der Waals surface area (Å²) in [5.41, 5.74) is 6.17. The summed E-state index contributed by atoms with van der Waals surface area (Å²) in [6.45, 7) is 6.15. The summed E-state index contributed by atoms with van der Waals surface area (Å²) in [5.74, 6) is -0.300. The molecule has 3 aromatic rings. The van der Waals surface area contributed by atoms with Crippen molar-refractivity contribution in [1.82, 2.24) is 0 Å². The Balaban J connectivity index is 1.54. The van der Waals surface area contributed by atoms with Crippen LogP contribution in [0.2, 0.25) is 0 Å². The van der Waals surface area contributed by atoms with Gasteiger partial charge in [-0.25, -0.2) is 0 Å². The van der Waals surface area contributed by atoms with Gasteiger partial charge in [-0.3, -0.25) is 9.59 Å².